The molecule has 0 spiro atoms. The number of H-pyrrole nitrogens is 1. The smallest absolute Gasteiger partial charge is 0.265 e. The Kier molecular flexibility index (Phi) is 3.51. The molecule has 1 fully saturated rings. The Morgan fingerprint density at radius 2 is 1.84 bits per heavy atom. The summed E-state index contributed by atoms with van der Waals surface area (Å²) in [6.07, 6.45) is 4.71. The lowest BCUT2D eigenvalue weighted by molar-refractivity contribution is 0.688. The van der Waals surface area contributed by atoms with Crippen LogP contribution in [0, 0.1) is 0 Å². The highest BCUT2D eigenvalue weighted by molar-refractivity contribution is 9.10. The molecule has 4 heteroatoms. The van der Waals surface area contributed by atoms with Crippen LogP contribution in [-0.2, 0) is 0 Å². The Morgan fingerprint density at radius 3 is 2.53 bits per heavy atom. The second-order valence-corrected chi connectivity index (χ2v) is 5.75. The van der Waals surface area contributed by atoms with Crippen molar-refractivity contribution in [3.05, 3.63) is 50.9 Å². The summed E-state index contributed by atoms with van der Waals surface area (Å²) in [5.74, 6) is 1.08. The fourth-order valence-corrected chi connectivity index (χ4v) is 3.19. The quantitative estimate of drug-likeness (QED) is 0.914. The zero-order valence-corrected chi connectivity index (χ0v) is 12.1. The van der Waals surface area contributed by atoms with Gasteiger partial charge in [-0.3, -0.25) is 4.79 Å². The third-order valence-corrected chi connectivity index (χ3v) is 4.44. The van der Waals surface area contributed by atoms with Crippen molar-refractivity contribution in [1.29, 1.82) is 0 Å². The maximum atomic E-state index is 12.0. The highest BCUT2D eigenvalue weighted by Crippen LogP contribution is 2.35. The zero-order chi connectivity index (χ0) is 13.2. The molecule has 2 aromatic rings. The van der Waals surface area contributed by atoms with Crippen LogP contribution >= 0.6 is 15.9 Å². The van der Waals surface area contributed by atoms with Gasteiger partial charge in [0.05, 0.1) is 5.69 Å². The number of aromatic amines is 1. The first-order valence-corrected chi connectivity index (χ1v) is 7.40. The van der Waals surface area contributed by atoms with Crippen LogP contribution in [0.2, 0.25) is 0 Å². The van der Waals surface area contributed by atoms with Crippen molar-refractivity contribution in [3.63, 3.8) is 0 Å². The van der Waals surface area contributed by atoms with E-state index < -0.39 is 0 Å². The molecule has 1 aromatic carbocycles. The lowest BCUT2D eigenvalue weighted by atomic mass is 10.0. The van der Waals surface area contributed by atoms with Crippen molar-refractivity contribution in [2.75, 3.05) is 0 Å². The Labute approximate surface area is 120 Å². The number of benzene rings is 1. The summed E-state index contributed by atoms with van der Waals surface area (Å²) in [5, 5.41) is 0. The highest BCUT2D eigenvalue weighted by Gasteiger charge is 2.23. The second kappa shape index (κ2) is 5.29. The predicted molar refractivity (Wildman–Crippen MR) is 79.2 cm³/mol. The molecular formula is C15H15BrN2O. The van der Waals surface area contributed by atoms with Gasteiger partial charge < -0.3 is 4.98 Å². The summed E-state index contributed by atoms with van der Waals surface area (Å²) in [6, 6.07) is 9.78. The second-order valence-electron chi connectivity index (χ2n) is 4.96. The zero-order valence-electron chi connectivity index (χ0n) is 10.5. The minimum atomic E-state index is -0.0873. The Bertz CT molecular complexity index is 630. The van der Waals surface area contributed by atoms with Gasteiger partial charge in [0, 0.05) is 11.5 Å². The number of halogens is 1. The van der Waals surface area contributed by atoms with Crippen molar-refractivity contribution in [1.82, 2.24) is 9.97 Å². The standard InChI is InChI=1S/C15H15BrN2O/c16-12-13(10-6-4-5-7-10)17-14(18-15(12)19)11-8-2-1-3-9-11/h1-3,8-10H,4-7H2,(H,17,18,19). The first-order chi connectivity index (χ1) is 9.25. The Morgan fingerprint density at radius 1 is 1.16 bits per heavy atom. The molecule has 1 aromatic heterocycles. The van der Waals surface area contributed by atoms with Crippen LogP contribution in [0.3, 0.4) is 0 Å². The summed E-state index contributed by atoms with van der Waals surface area (Å²) < 4.78 is 0.596. The van der Waals surface area contributed by atoms with Crippen molar-refractivity contribution in [2.24, 2.45) is 0 Å². The first-order valence-electron chi connectivity index (χ1n) is 6.61. The molecule has 0 amide bonds. The molecule has 1 N–H and O–H groups in total. The molecule has 1 saturated carbocycles. The molecule has 0 saturated heterocycles. The maximum absolute atomic E-state index is 12.0. The van der Waals surface area contributed by atoms with E-state index in [0.29, 0.717) is 16.2 Å². The van der Waals surface area contributed by atoms with Gasteiger partial charge >= 0.3 is 0 Å². The summed E-state index contributed by atoms with van der Waals surface area (Å²) in [4.78, 5) is 19.6. The molecule has 98 valence electrons. The third kappa shape index (κ3) is 2.50. The van der Waals surface area contributed by atoms with E-state index in [-0.39, 0.29) is 5.56 Å². The molecule has 19 heavy (non-hydrogen) atoms. The number of nitrogens with zero attached hydrogens (tertiary/aromatic N) is 1. The van der Waals surface area contributed by atoms with Crippen molar-refractivity contribution < 1.29 is 0 Å². The van der Waals surface area contributed by atoms with Gasteiger partial charge in [-0.25, -0.2) is 4.98 Å². The van der Waals surface area contributed by atoms with E-state index in [2.05, 4.69) is 25.9 Å². The molecule has 0 atom stereocenters. The van der Waals surface area contributed by atoms with Gasteiger partial charge in [0.2, 0.25) is 0 Å². The summed E-state index contributed by atoms with van der Waals surface area (Å²) in [5.41, 5.74) is 1.78. The van der Waals surface area contributed by atoms with E-state index in [9.17, 15) is 4.79 Å². The number of rotatable bonds is 2. The third-order valence-electron chi connectivity index (χ3n) is 3.68. The monoisotopic (exact) mass is 318 g/mol. The van der Waals surface area contributed by atoms with Crippen LogP contribution < -0.4 is 5.56 Å². The van der Waals surface area contributed by atoms with E-state index in [1.165, 1.54) is 12.8 Å². The number of hydrogen-bond acceptors (Lipinski definition) is 2. The van der Waals surface area contributed by atoms with E-state index in [0.717, 1.165) is 24.1 Å². The molecule has 0 aliphatic heterocycles. The molecule has 3 nitrogen and oxygen atoms in total. The fourth-order valence-electron chi connectivity index (χ4n) is 2.68. The molecule has 0 radical (unpaired) electrons. The fraction of sp³-hybridized carbons (Fsp3) is 0.333. The van der Waals surface area contributed by atoms with Crippen LogP contribution in [0.4, 0.5) is 0 Å². The minimum absolute atomic E-state index is 0.0873. The predicted octanol–water partition coefficient (Wildman–Crippen LogP) is 3.86. The van der Waals surface area contributed by atoms with Gasteiger partial charge in [-0.05, 0) is 28.8 Å². The van der Waals surface area contributed by atoms with Gasteiger partial charge in [0.25, 0.3) is 5.56 Å². The van der Waals surface area contributed by atoms with E-state index in [4.69, 9.17) is 0 Å². The lowest BCUT2D eigenvalue weighted by Gasteiger charge is -2.12. The molecule has 1 aliphatic rings. The largest absolute Gasteiger partial charge is 0.306 e. The average molecular weight is 319 g/mol. The first kappa shape index (κ1) is 12.6. The van der Waals surface area contributed by atoms with E-state index in [1.807, 2.05) is 30.3 Å². The molecule has 0 unspecified atom stereocenters. The molecule has 0 bridgehead atoms. The molecule has 1 aliphatic carbocycles. The van der Waals surface area contributed by atoms with Crippen molar-refractivity contribution in [3.8, 4) is 11.4 Å². The van der Waals surface area contributed by atoms with E-state index >= 15 is 0 Å². The van der Waals surface area contributed by atoms with E-state index in [1.54, 1.807) is 0 Å². The van der Waals surface area contributed by atoms with Gasteiger partial charge in [0.15, 0.2) is 0 Å². The van der Waals surface area contributed by atoms with Gasteiger partial charge in [-0.15, -0.1) is 0 Å². The number of nitrogens with one attached hydrogen (secondary N) is 1. The lowest BCUT2D eigenvalue weighted by Crippen LogP contribution is -2.15. The van der Waals surface area contributed by atoms with Gasteiger partial charge in [0.1, 0.15) is 10.3 Å². The molecular weight excluding hydrogens is 304 g/mol. The van der Waals surface area contributed by atoms with Crippen molar-refractivity contribution in [2.45, 2.75) is 31.6 Å². The highest BCUT2D eigenvalue weighted by atomic mass is 79.9. The number of hydrogen-bond donors (Lipinski definition) is 1. The van der Waals surface area contributed by atoms with Crippen LogP contribution in [-0.4, -0.2) is 9.97 Å². The summed E-state index contributed by atoms with van der Waals surface area (Å²) in [7, 11) is 0. The molecule has 1 heterocycles. The average Bonchev–Trinajstić information content (AvgIpc) is 2.96. The van der Waals surface area contributed by atoms with Crippen LogP contribution in [0.5, 0.6) is 0 Å². The van der Waals surface area contributed by atoms with Crippen LogP contribution in [0.1, 0.15) is 37.3 Å². The van der Waals surface area contributed by atoms with Crippen molar-refractivity contribution >= 4 is 15.9 Å². The normalized spacial score (nSPS) is 15.8. The van der Waals surface area contributed by atoms with Gasteiger partial charge in [-0.1, -0.05) is 43.2 Å². The summed E-state index contributed by atoms with van der Waals surface area (Å²) in [6.45, 7) is 0. The maximum Gasteiger partial charge on any atom is 0.265 e. The van der Waals surface area contributed by atoms with Crippen LogP contribution in [0.25, 0.3) is 11.4 Å². The number of aromatic nitrogens is 2. The Hall–Kier alpha value is -1.42. The Balaban J connectivity index is 2.10. The minimum Gasteiger partial charge on any atom is -0.306 e. The topological polar surface area (TPSA) is 45.8 Å². The van der Waals surface area contributed by atoms with Crippen LogP contribution in [0.15, 0.2) is 39.6 Å². The molecule has 3 rings (SSSR count). The SMILES string of the molecule is O=c1[nH]c(-c2ccccc2)nc(C2CCCC2)c1Br. The van der Waals surface area contributed by atoms with Gasteiger partial charge in [-0.2, -0.15) is 0 Å². The summed E-state index contributed by atoms with van der Waals surface area (Å²) >= 11 is 3.39.